The molecule has 0 aromatic heterocycles. The van der Waals surface area contributed by atoms with Gasteiger partial charge in [-0.2, -0.15) is 0 Å². The van der Waals surface area contributed by atoms with E-state index in [9.17, 15) is 4.39 Å². The molecule has 0 amide bonds. The van der Waals surface area contributed by atoms with Crippen molar-refractivity contribution in [3.05, 3.63) is 0 Å². The molecule has 1 nitrogen and oxygen atoms in total. The Bertz CT molecular complexity index is 160. The monoisotopic (exact) mass is 201 g/mol. The first kappa shape index (κ1) is 12.0. The van der Waals surface area contributed by atoms with Gasteiger partial charge in [0.2, 0.25) is 0 Å². The van der Waals surface area contributed by atoms with E-state index in [0.717, 1.165) is 25.6 Å². The third-order valence-electron chi connectivity index (χ3n) is 4.00. The predicted molar refractivity (Wildman–Crippen MR) is 59.2 cm³/mol. The Hall–Kier alpha value is -0.110. The standard InChI is InChI=1S/C12H24FN/c1-11(2)12(3)5-9-14(10-6-12)8-4-7-13/h11H,4-10H2,1-3H3. The first-order chi connectivity index (χ1) is 6.58. The van der Waals surface area contributed by atoms with Crippen molar-refractivity contribution in [3.8, 4) is 0 Å². The summed E-state index contributed by atoms with van der Waals surface area (Å²) in [6.45, 7) is 10.1. The van der Waals surface area contributed by atoms with Gasteiger partial charge in [0.15, 0.2) is 0 Å². The zero-order chi connectivity index (χ0) is 10.6. The molecule has 0 bridgehead atoms. The maximum absolute atomic E-state index is 12.0. The highest BCUT2D eigenvalue weighted by molar-refractivity contribution is 4.84. The Balaban J connectivity index is 2.30. The first-order valence-electron chi connectivity index (χ1n) is 5.87. The number of likely N-dealkylation sites (tertiary alicyclic amines) is 1. The minimum Gasteiger partial charge on any atom is -0.303 e. The highest BCUT2D eigenvalue weighted by Crippen LogP contribution is 2.37. The van der Waals surface area contributed by atoms with Crippen LogP contribution in [0.2, 0.25) is 0 Å². The fourth-order valence-electron chi connectivity index (χ4n) is 2.15. The van der Waals surface area contributed by atoms with Crippen molar-refractivity contribution in [3.63, 3.8) is 0 Å². The van der Waals surface area contributed by atoms with Crippen molar-refractivity contribution < 1.29 is 4.39 Å². The number of halogens is 1. The van der Waals surface area contributed by atoms with Gasteiger partial charge in [-0.1, -0.05) is 20.8 Å². The summed E-state index contributed by atoms with van der Waals surface area (Å²) in [6.07, 6.45) is 3.26. The van der Waals surface area contributed by atoms with Crippen LogP contribution in [-0.2, 0) is 0 Å². The lowest BCUT2D eigenvalue weighted by molar-refractivity contribution is 0.0766. The fourth-order valence-corrected chi connectivity index (χ4v) is 2.15. The third-order valence-corrected chi connectivity index (χ3v) is 4.00. The van der Waals surface area contributed by atoms with E-state index in [2.05, 4.69) is 25.7 Å². The second-order valence-corrected chi connectivity index (χ2v) is 5.19. The highest BCUT2D eigenvalue weighted by atomic mass is 19.1. The Morgan fingerprint density at radius 3 is 2.29 bits per heavy atom. The van der Waals surface area contributed by atoms with Gasteiger partial charge in [0.25, 0.3) is 0 Å². The summed E-state index contributed by atoms with van der Waals surface area (Å²) in [7, 11) is 0. The van der Waals surface area contributed by atoms with Gasteiger partial charge in [0.05, 0.1) is 6.67 Å². The average Bonchev–Trinajstić information content (AvgIpc) is 2.17. The van der Waals surface area contributed by atoms with Crippen LogP contribution in [0, 0.1) is 11.3 Å². The van der Waals surface area contributed by atoms with E-state index in [1.54, 1.807) is 0 Å². The van der Waals surface area contributed by atoms with Crippen LogP contribution in [0.3, 0.4) is 0 Å². The molecular formula is C12H24FN. The third kappa shape index (κ3) is 2.94. The molecule has 1 aliphatic rings. The molecule has 0 atom stereocenters. The summed E-state index contributed by atoms with van der Waals surface area (Å²) >= 11 is 0. The number of hydrogen-bond acceptors (Lipinski definition) is 1. The lowest BCUT2D eigenvalue weighted by Crippen LogP contribution is -2.41. The first-order valence-corrected chi connectivity index (χ1v) is 5.87. The molecule has 0 aliphatic carbocycles. The molecule has 0 radical (unpaired) electrons. The molecule has 14 heavy (non-hydrogen) atoms. The van der Waals surface area contributed by atoms with E-state index in [4.69, 9.17) is 0 Å². The number of alkyl halides is 1. The van der Waals surface area contributed by atoms with Crippen LogP contribution >= 0.6 is 0 Å². The molecule has 1 fully saturated rings. The van der Waals surface area contributed by atoms with Gasteiger partial charge in [-0.05, 0) is 43.7 Å². The van der Waals surface area contributed by atoms with Crippen LogP contribution in [0.4, 0.5) is 4.39 Å². The summed E-state index contributed by atoms with van der Waals surface area (Å²) in [5.74, 6) is 0.769. The van der Waals surface area contributed by atoms with Crippen LogP contribution in [0.1, 0.15) is 40.0 Å². The summed E-state index contributed by atoms with van der Waals surface area (Å²) in [6, 6.07) is 0. The molecule has 0 spiro atoms. The number of nitrogens with zero attached hydrogens (tertiary/aromatic N) is 1. The van der Waals surface area contributed by atoms with Crippen molar-refractivity contribution in [1.82, 2.24) is 4.90 Å². The molecule has 84 valence electrons. The molecule has 1 saturated heterocycles. The maximum atomic E-state index is 12.0. The van der Waals surface area contributed by atoms with Crippen LogP contribution in [0.5, 0.6) is 0 Å². The summed E-state index contributed by atoms with van der Waals surface area (Å²) < 4.78 is 12.0. The Kier molecular flexibility index (Phi) is 4.36. The van der Waals surface area contributed by atoms with Crippen LogP contribution in [0.25, 0.3) is 0 Å². The molecule has 1 heterocycles. The Morgan fingerprint density at radius 1 is 1.29 bits per heavy atom. The van der Waals surface area contributed by atoms with E-state index < -0.39 is 0 Å². The molecule has 0 saturated carbocycles. The molecule has 1 aliphatic heterocycles. The van der Waals surface area contributed by atoms with Gasteiger partial charge in [0.1, 0.15) is 0 Å². The average molecular weight is 201 g/mol. The van der Waals surface area contributed by atoms with Crippen molar-refractivity contribution in [2.75, 3.05) is 26.3 Å². The second kappa shape index (κ2) is 5.11. The van der Waals surface area contributed by atoms with Crippen molar-refractivity contribution in [2.45, 2.75) is 40.0 Å². The summed E-state index contributed by atoms with van der Waals surface area (Å²) in [5.41, 5.74) is 0.520. The molecule has 0 unspecified atom stereocenters. The van der Waals surface area contributed by atoms with Crippen molar-refractivity contribution >= 4 is 0 Å². The van der Waals surface area contributed by atoms with Crippen LogP contribution < -0.4 is 0 Å². The molecule has 0 aromatic carbocycles. The molecule has 0 N–H and O–H groups in total. The Labute approximate surface area is 87.7 Å². The van der Waals surface area contributed by atoms with Gasteiger partial charge in [-0.15, -0.1) is 0 Å². The fraction of sp³-hybridized carbons (Fsp3) is 1.00. The molecule has 2 heteroatoms. The van der Waals surface area contributed by atoms with Crippen LogP contribution in [0.15, 0.2) is 0 Å². The van der Waals surface area contributed by atoms with Gasteiger partial charge >= 0.3 is 0 Å². The highest BCUT2D eigenvalue weighted by Gasteiger charge is 2.32. The summed E-state index contributed by atoms with van der Waals surface area (Å²) in [4.78, 5) is 2.41. The summed E-state index contributed by atoms with van der Waals surface area (Å²) in [5, 5.41) is 0. The Morgan fingerprint density at radius 2 is 1.86 bits per heavy atom. The van der Waals surface area contributed by atoms with E-state index in [1.165, 1.54) is 12.8 Å². The van der Waals surface area contributed by atoms with Gasteiger partial charge in [0, 0.05) is 6.54 Å². The topological polar surface area (TPSA) is 3.24 Å². The van der Waals surface area contributed by atoms with Crippen molar-refractivity contribution in [1.29, 1.82) is 0 Å². The second-order valence-electron chi connectivity index (χ2n) is 5.19. The lowest BCUT2D eigenvalue weighted by atomic mass is 9.72. The van der Waals surface area contributed by atoms with E-state index in [-0.39, 0.29) is 6.67 Å². The lowest BCUT2D eigenvalue weighted by Gasteiger charge is -2.42. The zero-order valence-electron chi connectivity index (χ0n) is 9.85. The smallest absolute Gasteiger partial charge is 0.0906 e. The minimum atomic E-state index is -0.169. The predicted octanol–water partition coefficient (Wildman–Crippen LogP) is 3.10. The quantitative estimate of drug-likeness (QED) is 0.675. The molecular weight excluding hydrogens is 177 g/mol. The van der Waals surface area contributed by atoms with Crippen LogP contribution in [-0.4, -0.2) is 31.2 Å². The van der Waals surface area contributed by atoms with E-state index in [0.29, 0.717) is 11.8 Å². The van der Waals surface area contributed by atoms with E-state index in [1.807, 2.05) is 0 Å². The SMILES string of the molecule is CC(C)C1(C)CCN(CCCF)CC1. The molecule has 0 aromatic rings. The normalized spacial score (nSPS) is 22.9. The molecule has 1 rings (SSSR count). The van der Waals surface area contributed by atoms with E-state index >= 15 is 0 Å². The van der Waals surface area contributed by atoms with Gasteiger partial charge in [-0.25, -0.2) is 0 Å². The maximum Gasteiger partial charge on any atom is 0.0906 e. The number of hydrogen-bond donors (Lipinski definition) is 0. The minimum absolute atomic E-state index is 0.169. The van der Waals surface area contributed by atoms with Gasteiger partial charge in [-0.3, -0.25) is 4.39 Å². The van der Waals surface area contributed by atoms with Gasteiger partial charge < -0.3 is 4.90 Å². The zero-order valence-corrected chi connectivity index (χ0v) is 9.85. The largest absolute Gasteiger partial charge is 0.303 e. The number of rotatable bonds is 4. The number of piperidine rings is 1. The van der Waals surface area contributed by atoms with Crippen molar-refractivity contribution in [2.24, 2.45) is 11.3 Å².